The van der Waals surface area contributed by atoms with E-state index in [4.69, 9.17) is 4.52 Å². The molecule has 1 atom stereocenters. The minimum Gasteiger partial charge on any atom is -0.334 e. The van der Waals surface area contributed by atoms with Gasteiger partial charge in [-0.3, -0.25) is 4.90 Å². The quantitative estimate of drug-likeness (QED) is 0.338. The molecule has 6 nitrogen and oxygen atoms in total. The van der Waals surface area contributed by atoms with Crippen molar-refractivity contribution in [1.29, 1.82) is 0 Å². The van der Waals surface area contributed by atoms with Crippen molar-refractivity contribution < 1.29 is 13.7 Å². The fourth-order valence-corrected chi connectivity index (χ4v) is 4.89. The van der Waals surface area contributed by atoms with E-state index < -0.39 is 11.9 Å². The highest BCUT2D eigenvalue weighted by Gasteiger charge is 2.36. The van der Waals surface area contributed by atoms with Crippen LogP contribution in [0.1, 0.15) is 24.4 Å². The summed E-state index contributed by atoms with van der Waals surface area (Å²) in [7, 11) is 0. The lowest BCUT2D eigenvalue weighted by molar-refractivity contribution is 0.244. The molecule has 0 spiro atoms. The molecule has 2 aromatic carbocycles. The highest BCUT2D eigenvalue weighted by atomic mass is 32.2. The maximum absolute atomic E-state index is 14.1. The Bertz CT molecular complexity index is 1330. The molecule has 2 amide bonds. The molecule has 1 aliphatic heterocycles. The molecule has 1 N–H and O–H groups in total. The van der Waals surface area contributed by atoms with Crippen LogP contribution in [0.25, 0.3) is 16.3 Å². The fraction of sp³-hybridized carbons (Fsp3) is 0.125. The van der Waals surface area contributed by atoms with Crippen LogP contribution in [0.15, 0.2) is 81.2 Å². The molecule has 0 saturated carbocycles. The minimum atomic E-state index is -0.647. The zero-order valence-corrected chi connectivity index (χ0v) is 19.4. The summed E-state index contributed by atoms with van der Waals surface area (Å²) in [5, 5.41) is 9.06. The van der Waals surface area contributed by atoms with Crippen molar-refractivity contribution in [2.45, 2.75) is 17.9 Å². The van der Waals surface area contributed by atoms with E-state index in [0.29, 0.717) is 28.3 Å². The van der Waals surface area contributed by atoms with E-state index in [1.807, 2.05) is 55.0 Å². The van der Waals surface area contributed by atoms with Gasteiger partial charge in [-0.05, 0) is 66.6 Å². The molecule has 1 aliphatic rings. The number of thiophene rings is 1. The number of thioether (sulfide) groups is 1. The number of allylic oxidation sites excluding steroid dienone is 1. The summed E-state index contributed by atoms with van der Waals surface area (Å²) in [6.45, 7) is 1.83. The molecule has 33 heavy (non-hydrogen) atoms. The second-order valence-corrected chi connectivity index (χ2v) is 9.20. The first kappa shape index (κ1) is 21.4. The summed E-state index contributed by atoms with van der Waals surface area (Å²) in [5.41, 5.74) is 2.54. The summed E-state index contributed by atoms with van der Waals surface area (Å²) in [5.74, 6) is 0.348. The number of carbonyl (C=O) groups is 1. The van der Waals surface area contributed by atoms with Crippen LogP contribution in [0.4, 0.5) is 14.9 Å². The Morgan fingerprint density at radius 3 is 2.67 bits per heavy atom. The van der Waals surface area contributed by atoms with E-state index in [0.717, 1.165) is 9.77 Å². The molecule has 0 saturated heterocycles. The first-order chi connectivity index (χ1) is 16.0. The van der Waals surface area contributed by atoms with Gasteiger partial charge in [0.2, 0.25) is 5.82 Å². The highest BCUT2D eigenvalue weighted by molar-refractivity contribution is 7.98. The maximum Gasteiger partial charge on any atom is 0.326 e. The number of benzene rings is 2. The number of hydrogen-bond acceptors (Lipinski definition) is 6. The summed E-state index contributed by atoms with van der Waals surface area (Å²) in [4.78, 5) is 21.4. The molecule has 0 bridgehead atoms. The number of urea groups is 1. The number of aromatic nitrogens is 2. The summed E-state index contributed by atoms with van der Waals surface area (Å²) < 4.78 is 19.7. The molecular formula is C24H19FN4O2S2. The molecule has 3 heterocycles. The Hall–Kier alpha value is -3.43. The van der Waals surface area contributed by atoms with Gasteiger partial charge in [-0.25, -0.2) is 9.18 Å². The molecule has 5 rings (SSSR count). The Morgan fingerprint density at radius 2 is 1.97 bits per heavy atom. The van der Waals surface area contributed by atoms with E-state index >= 15 is 0 Å². The molecule has 9 heteroatoms. The van der Waals surface area contributed by atoms with Gasteiger partial charge in [0, 0.05) is 10.6 Å². The zero-order chi connectivity index (χ0) is 22.9. The molecule has 166 valence electrons. The summed E-state index contributed by atoms with van der Waals surface area (Å²) in [6, 6.07) is 16.7. The van der Waals surface area contributed by atoms with Crippen LogP contribution >= 0.6 is 23.1 Å². The number of nitrogens with one attached hydrogen (secondary N) is 1. The lowest BCUT2D eigenvalue weighted by atomic mass is 9.94. The predicted octanol–water partition coefficient (Wildman–Crippen LogP) is 6.36. The van der Waals surface area contributed by atoms with Gasteiger partial charge in [0.1, 0.15) is 5.82 Å². The Balaban J connectivity index is 1.65. The number of halogens is 1. The zero-order valence-electron chi connectivity index (χ0n) is 17.8. The van der Waals surface area contributed by atoms with Gasteiger partial charge in [-0.2, -0.15) is 4.98 Å². The lowest BCUT2D eigenvalue weighted by Crippen LogP contribution is -2.46. The smallest absolute Gasteiger partial charge is 0.326 e. The number of nitrogens with zero attached hydrogens (tertiary/aromatic N) is 3. The SMILES string of the molecule is CSc1ccc(N2C(=O)NC(c3cccc(F)c3)C(c3nc(-c4cccs4)no3)=C2C)cc1. The van der Waals surface area contributed by atoms with Crippen molar-refractivity contribution in [3.8, 4) is 10.7 Å². The Kier molecular flexibility index (Phi) is 5.74. The third-order valence-electron chi connectivity index (χ3n) is 5.40. The second-order valence-electron chi connectivity index (χ2n) is 7.37. The summed E-state index contributed by atoms with van der Waals surface area (Å²) in [6.07, 6.45) is 2.00. The van der Waals surface area contributed by atoms with Gasteiger partial charge in [0.05, 0.1) is 22.2 Å². The summed E-state index contributed by atoms with van der Waals surface area (Å²) >= 11 is 3.13. The number of rotatable bonds is 5. The van der Waals surface area contributed by atoms with Crippen LogP contribution in [0.2, 0.25) is 0 Å². The van der Waals surface area contributed by atoms with Crippen molar-refractivity contribution >= 4 is 40.4 Å². The third-order valence-corrected chi connectivity index (χ3v) is 7.00. The monoisotopic (exact) mass is 478 g/mol. The number of carbonyl (C=O) groups excluding carboxylic acids is 1. The van der Waals surface area contributed by atoms with Crippen LogP contribution in [-0.4, -0.2) is 22.4 Å². The van der Waals surface area contributed by atoms with E-state index in [2.05, 4.69) is 15.5 Å². The number of anilines is 1. The van der Waals surface area contributed by atoms with Gasteiger partial charge >= 0.3 is 6.03 Å². The Morgan fingerprint density at radius 1 is 1.15 bits per heavy atom. The standard InChI is InChI=1S/C24H19FN4O2S2/c1-14-20(23-27-22(28-31-23)19-7-4-12-33-19)21(15-5-3-6-16(25)13-15)26-24(30)29(14)17-8-10-18(32-2)11-9-17/h3-13,21H,1-2H3,(H,26,30). The largest absolute Gasteiger partial charge is 0.334 e. The van der Waals surface area contributed by atoms with Crippen molar-refractivity contribution in [2.75, 3.05) is 11.2 Å². The first-order valence-corrected chi connectivity index (χ1v) is 12.2. The van der Waals surface area contributed by atoms with E-state index in [-0.39, 0.29) is 11.9 Å². The highest BCUT2D eigenvalue weighted by Crippen LogP contribution is 2.39. The van der Waals surface area contributed by atoms with Gasteiger partial charge in [0.25, 0.3) is 5.89 Å². The maximum atomic E-state index is 14.1. The molecule has 0 radical (unpaired) electrons. The molecule has 2 aromatic heterocycles. The normalized spacial score (nSPS) is 16.3. The first-order valence-electron chi connectivity index (χ1n) is 10.1. The van der Waals surface area contributed by atoms with Crippen LogP contribution in [0, 0.1) is 5.82 Å². The van der Waals surface area contributed by atoms with Gasteiger partial charge in [-0.1, -0.05) is 23.4 Å². The van der Waals surface area contributed by atoms with E-state index in [1.54, 1.807) is 28.8 Å². The van der Waals surface area contributed by atoms with Crippen LogP contribution in [0.3, 0.4) is 0 Å². The molecule has 0 fully saturated rings. The van der Waals surface area contributed by atoms with Crippen molar-refractivity contribution in [2.24, 2.45) is 0 Å². The average Bonchev–Trinajstić information content (AvgIpc) is 3.51. The van der Waals surface area contributed by atoms with Gasteiger partial charge in [0.15, 0.2) is 0 Å². The fourth-order valence-electron chi connectivity index (χ4n) is 3.84. The molecule has 0 aliphatic carbocycles. The van der Waals surface area contributed by atoms with Gasteiger partial charge < -0.3 is 9.84 Å². The average molecular weight is 479 g/mol. The van der Waals surface area contributed by atoms with Crippen molar-refractivity contribution in [3.63, 3.8) is 0 Å². The topological polar surface area (TPSA) is 71.3 Å². The second kappa shape index (κ2) is 8.84. The third kappa shape index (κ3) is 4.05. The van der Waals surface area contributed by atoms with E-state index in [1.165, 1.54) is 23.5 Å². The number of amides is 2. The van der Waals surface area contributed by atoms with E-state index in [9.17, 15) is 9.18 Å². The number of hydrogen-bond donors (Lipinski definition) is 1. The van der Waals surface area contributed by atoms with Crippen LogP contribution < -0.4 is 10.2 Å². The minimum absolute atomic E-state index is 0.274. The van der Waals surface area contributed by atoms with Crippen LogP contribution in [-0.2, 0) is 0 Å². The molecule has 1 unspecified atom stereocenters. The van der Waals surface area contributed by atoms with Gasteiger partial charge in [-0.15, -0.1) is 23.1 Å². The Labute approximate surface area is 198 Å². The molecular weight excluding hydrogens is 459 g/mol. The van der Waals surface area contributed by atoms with Crippen molar-refractivity contribution in [1.82, 2.24) is 15.5 Å². The predicted molar refractivity (Wildman–Crippen MR) is 129 cm³/mol. The van der Waals surface area contributed by atoms with Crippen LogP contribution in [0.5, 0.6) is 0 Å². The molecule has 4 aromatic rings. The lowest BCUT2D eigenvalue weighted by Gasteiger charge is -2.35. The van der Waals surface area contributed by atoms with Crippen molar-refractivity contribution in [3.05, 3.63) is 89.0 Å².